The lowest BCUT2D eigenvalue weighted by molar-refractivity contribution is 0.0635. The molecule has 39 heavy (non-hydrogen) atoms. The van der Waals surface area contributed by atoms with E-state index in [1.165, 1.54) is 6.20 Å². The van der Waals surface area contributed by atoms with Crippen molar-refractivity contribution in [1.29, 1.82) is 0 Å². The third-order valence-electron chi connectivity index (χ3n) is 6.69. The van der Waals surface area contributed by atoms with Crippen LogP contribution < -0.4 is 21.3 Å². The van der Waals surface area contributed by atoms with Gasteiger partial charge in [0.25, 0.3) is 0 Å². The van der Waals surface area contributed by atoms with Gasteiger partial charge in [-0.25, -0.2) is 19.0 Å². The number of amides is 3. The average Bonchev–Trinajstić information content (AvgIpc) is 3.38. The zero-order valence-electron chi connectivity index (χ0n) is 22.5. The van der Waals surface area contributed by atoms with E-state index >= 15 is 4.39 Å². The molecule has 11 heteroatoms. The van der Waals surface area contributed by atoms with E-state index in [-0.39, 0.29) is 23.1 Å². The maximum absolute atomic E-state index is 16.2. The Kier molecular flexibility index (Phi) is 7.26. The van der Waals surface area contributed by atoms with Crippen LogP contribution in [0.1, 0.15) is 44.9 Å². The lowest BCUT2D eigenvalue weighted by Crippen LogP contribution is -2.38. The number of halogens is 1. The van der Waals surface area contributed by atoms with E-state index in [1.54, 1.807) is 39.1 Å². The number of carbonyl (C=O) groups excluding carboxylic acids is 2. The van der Waals surface area contributed by atoms with Gasteiger partial charge in [-0.3, -0.25) is 15.6 Å². The van der Waals surface area contributed by atoms with Gasteiger partial charge in [0.1, 0.15) is 11.4 Å². The minimum atomic E-state index is -0.790. The van der Waals surface area contributed by atoms with Gasteiger partial charge in [-0.05, 0) is 70.0 Å². The van der Waals surface area contributed by atoms with Gasteiger partial charge >= 0.3 is 12.1 Å². The Hall–Kier alpha value is -3.99. The second-order valence-corrected chi connectivity index (χ2v) is 10.8. The van der Waals surface area contributed by atoms with Crippen molar-refractivity contribution in [2.24, 2.45) is 0 Å². The first-order valence-electron chi connectivity index (χ1n) is 13.1. The predicted molar refractivity (Wildman–Crippen MR) is 148 cm³/mol. The largest absolute Gasteiger partial charge is 0.444 e. The first kappa shape index (κ1) is 26.6. The highest BCUT2D eigenvalue weighted by Gasteiger charge is 2.24. The van der Waals surface area contributed by atoms with Crippen molar-refractivity contribution in [3.05, 3.63) is 41.6 Å². The standard InChI is InChI=1S/C28H33FN6O4/c1-15-19(12-31-21-6-5-8-30-24(15)21)18-10-16-11-22(34-26(36)33-17-7-9-38-14-17)32-13-20(16)25(23(18)29)35-27(37)39-28(2,3)4/h10-13,17,30H,5-9,14H2,1-4H3,(H,35,37)(H2,32,33,34,36)/t17-/m1/s1. The van der Waals surface area contributed by atoms with E-state index in [0.29, 0.717) is 29.5 Å². The predicted octanol–water partition coefficient (Wildman–Crippen LogP) is 5.36. The molecule has 4 N–H and O–H groups in total. The van der Waals surface area contributed by atoms with Crippen LogP contribution in [0.3, 0.4) is 0 Å². The van der Waals surface area contributed by atoms with Crippen LogP contribution in [0.2, 0.25) is 0 Å². The molecule has 0 unspecified atom stereocenters. The lowest BCUT2D eigenvalue weighted by atomic mass is 9.95. The highest BCUT2D eigenvalue weighted by Crippen LogP contribution is 2.39. The van der Waals surface area contributed by atoms with Crippen molar-refractivity contribution < 1.29 is 23.5 Å². The summed E-state index contributed by atoms with van der Waals surface area (Å²) >= 11 is 0. The quantitative estimate of drug-likeness (QED) is 0.354. The highest BCUT2D eigenvalue weighted by molar-refractivity contribution is 6.04. The molecule has 0 spiro atoms. The molecule has 2 aromatic heterocycles. The van der Waals surface area contributed by atoms with Gasteiger partial charge in [0.15, 0.2) is 5.82 Å². The zero-order valence-corrected chi connectivity index (χ0v) is 22.5. The molecule has 5 rings (SSSR count). The number of ether oxygens (including phenoxy) is 2. The van der Waals surface area contributed by atoms with E-state index in [4.69, 9.17) is 9.47 Å². The second kappa shape index (κ2) is 10.6. The van der Waals surface area contributed by atoms with Gasteiger partial charge in [0, 0.05) is 42.1 Å². The van der Waals surface area contributed by atoms with Gasteiger partial charge < -0.3 is 20.1 Å². The molecule has 10 nitrogen and oxygen atoms in total. The summed E-state index contributed by atoms with van der Waals surface area (Å²) in [4.78, 5) is 34.1. The molecule has 1 aromatic carbocycles. The van der Waals surface area contributed by atoms with E-state index in [1.807, 2.05) is 6.92 Å². The van der Waals surface area contributed by atoms with Crippen molar-refractivity contribution >= 4 is 40.1 Å². The number of rotatable bonds is 4. The third kappa shape index (κ3) is 5.88. The van der Waals surface area contributed by atoms with E-state index in [2.05, 4.69) is 31.2 Å². The van der Waals surface area contributed by atoms with Gasteiger partial charge in [0.2, 0.25) is 0 Å². The van der Waals surface area contributed by atoms with Crippen LogP contribution in [-0.4, -0.2) is 53.5 Å². The van der Waals surface area contributed by atoms with Gasteiger partial charge in [-0.2, -0.15) is 0 Å². The molecule has 1 saturated heterocycles. The van der Waals surface area contributed by atoms with Crippen LogP contribution in [0.5, 0.6) is 0 Å². The number of hydrogen-bond acceptors (Lipinski definition) is 7. The molecular weight excluding hydrogens is 503 g/mol. The smallest absolute Gasteiger partial charge is 0.412 e. The van der Waals surface area contributed by atoms with Crippen LogP contribution >= 0.6 is 0 Å². The van der Waals surface area contributed by atoms with Crippen LogP contribution in [0.4, 0.5) is 31.2 Å². The summed E-state index contributed by atoms with van der Waals surface area (Å²) in [5, 5.41) is 12.5. The molecule has 3 amide bonds. The SMILES string of the molecule is Cc1c(-c2cc3cc(NC(=O)N[C@@H]4CCOC4)ncc3c(NC(=O)OC(C)(C)C)c2F)cnc2c1NCCC2. The number of anilines is 3. The Balaban J connectivity index is 1.56. The summed E-state index contributed by atoms with van der Waals surface area (Å²) in [6, 6.07) is 2.85. The highest BCUT2D eigenvalue weighted by atomic mass is 19.1. The molecule has 2 aliphatic rings. The van der Waals surface area contributed by atoms with Crippen LogP contribution in [0.25, 0.3) is 21.9 Å². The second-order valence-electron chi connectivity index (χ2n) is 10.8. The minimum absolute atomic E-state index is 0.0616. The maximum Gasteiger partial charge on any atom is 0.412 e. The lowest BCUT2D eigenvalue weighted by Gasteiger charge is -2.23. The number of benzene rings is 1. The number of pyridine rings is 2. The van der Waals surface area contributed by atoms with Crippen molar-refractivity contribution in [3.63, 3.8) is 0 Å². The Labute approximate surface area is 226 Å². The third-order valence-corrected chi connectivity index (χ3v) is 6.69. The molecule has 0 radical (unpaired) electrons. The molecule has 1 fully saturated rings. The van der Waals surface area contributed by atoms with Crippen molar-refractivity contribution in [2.45, 2.75) is 58.6 Å². The minimum Gasteiger partial charge on any atom is -0.444 e. The number of nitrogens with zero attached hydrogens (tertiary/aromatic N) is 2. The Morgan fingerprint density at radius 1 is 1.15 bits per heavy atom. The van der Waals surface area contributed by atoms with Crippen LogP contribution in [-0.2, 0) is 15.9 Å². The Bertz CT molecular complexity index is 1430. The van der Waals surface area contributed by atoms with E-state index < -0.39 is 23.5 Å². The van der Waals surface area contributed by atoms with Crippen molar-refractivity contribution in [3.8, 4) is 11.1 Å². The van der Waals surface area contributed by atoms with Gasteiger partial charge in [-0.15, -0.1) is 0 Å². The van der Waals surface area contributed by atoms with Crippen molar-refractivity contribution in [1.82, 2.24) is 15.3 Å². The number of carbonyl (C=O) groups is 2. The summed E-state index contributed by atoms with van der Waals surface area (Å²) in [5.74, 6) is -0.350. The Morgan fingerprint density at radius 3 is 2.72 bits per heavy atom. The summed E-state index contributed by atoms with van der Waals surface area (Å²) < 4.78 is 26.9. The number of nitrogens with one attached hydrogen (secondary N) is 4. The molecule has 0 bridgehead atoms. The monoisotopic (exact) mass is 536 g/mol. The summed E-state index contributed by atoms with van der Waals surface area (Å²) in [6.07, 6.45) is 4.87. The molecule has 0 aliphatic carbocycles. The average molecular weight is 537 g/mol. The van der Waals surface area contributed by atoms with Crippen LogP contribution in [0, 0.1) is 12.7 Å². The topological polar surface area (TPSA) is 126 Å². The molecule has 4 heterocycles. The molecule has 2 aliphatic heterocycles. The first-order valence-corrected chi connectivity index (χ1v) is 13.1. The van der Waals surface area contributed by atoms with Crippen molar-refractivity contribution in [2.75, 3.05) is 35.7 Å². The fraction of sp³-hybridized carbons (Fsp3) is 0.429. The number of aromatic nitrogens is 2. The zero-order chi connectivity index (χ0) is 27.7. The van der Waals surface area contributed by atoms with Gasteiger partial charge in [0.05, 0.1) is 29.7 Å². The molecule has 0 saturated carbocycles. The molecule has 1 atom stereocenters. The Morgan fingerprint density at radius 2 is 1.97 bits per heavy atom. The number of fused-ring (bicyclic) bond motifs is 2. The van der Waals surface area contributed by atoms with E-state index in [9.17, 15) is 9.59 Å². The summed E-state index contributed by atoms with van der Waals surface area (Å²) in [7, 11) is 0. The van der Waals surface area contributed by atoms with E-state index in [0.717, 1.165) is 42.8 Å². The number of urea groups is 1. The summed E-state index contributed by atoms with van der Waals surface area (Å²) in [6.45, 7) is 9.01. The number of aryl methyl sites for hydroxylation is 1. The molecule has 206 valence electrons. The fourth-order valence-electron chi connectivity index (χ4n) is 4.87. The molecule has 3 aromatic rings. The number of hydrogen-bond donors (Lipinski definition) is 4. The molecular formula is C28H33FN6O4. The van der Waals surface area contributed by atoms with Crippen LogP contribution in [0.15, 0.2) is 24.5 Å². The fourth-order valence-corrected chi connectivity index (χ4v) is 4.87. The maximum atomic E-state index is 16.2. The van der Waals surface area contributed by atoms with Gasteiger partial charge in [-0.1, -0.05) is 0 Å². The first-order chi connectivity index (χ1) is 18.6. The normalized spacial score (nSPS) is 16.8. The summed E-state index contributed by atoms with van der Waals surface area (Å²) in [5.41, 5.74) is 2.75.